The number of hydrogen-bond acceptors (Lipinski definition) is 8. The number of nitrogens with two attached hydrogens (primary N) is 1. The molecule has 4 rings (SSSR count). The highest BCUT2D eigenvalue weighted by molar-refractivity contribution is 8.01. The van der Waals surface area contributed by atoms with E-state index >= 15 is 0 Å². The van der Waals surface area contributed by atoms with Gasteiger partial charge in [0.1, 0.15) is 5.03 Å². The first-order valence-corrected chi connectivity index (χ1v) is 7.29. The first-order valence-electron chi connectivity index (χ1n) is 5.65. The SMILES string of the molecule is Nc1ccc2nc(Sc3cncc4nnnn34)sc2c1. The fraction of sp³-hybridized carbons (Fsp3) is 0. The average molecular weight is 301 g/mol. The van der Waals surface area contributed by atoms with Crippen molar-refractivity contribution < 1.29 is 0 Å². The largest absolute Gasteiger partial charge is 0.399 e. The van der Waals surface area contributed by atoms with Gasteiger partial charge in [-0.1, -0.05) is 0 Å². The lowest BCUT2D eigenvalue weighted by Gasteiger charge is -1.97. The molecular weight excluding hydrogens is 294 g/mol. The van der Waals surface area contributed by atoms with E-state index in [4.69, 9.17) is 5.73 Å². The van der Waals surface area contributed by atoms with Crippen molar-refractivity contribution in [1.29, 1.82) is 0 Å². The van der Waals surface area contributed by atoms with E-state index in [1.54, 1.807) is 28.2 Å². The van der Waals surface area contributed by atoms with E-state index in [1.807, 2.05) is 18.2 Å². The maximum Gasteiger partial charge on any atom is 0.198 e. The molecule has 0 aliphatic heterocycles. The van der Waals surface area contributed by atoms with Crippen molar-refractivity contribution in [2.45, 2.75) is 9.37 Å². The quantitative estimate of drug-likeness (QED) is 0.565. The van der Waals surface area contributed by atoms with Crippen LogP contribution in [0.15, 0.2) is 40.0 Å². The predicted molar refractivity (Wildman–Crippen MR) is 76.7 cm³/mol. The Morgan fingerprint density at radius 2 is 2.20 bits per heavy atom. The molecule has 20 heavy (non-hydrogen) atoms. The zero-order chi connectivity index (χ0) is 13.5. The number of nitrogen functional groups attached to an aromatic ring is 1. The minimum absolute atomic E-state index is 0.611. The summed E-state index contributed by atoms with van der Waals surface area (Å²) in [4.78, 5) is 8.68. The summed E-state index contributed by atoms with van der Waals surface area (Å²) in [6, 6.07) is 5.69. The van der Waals surface area contributed by atoms with Crippen LogP contribution in [0.4, 0.5) is 5.69 Å². The van der Waals surface area contributed by atoms with Crippen molar-refractivity contribution in [3.05, 3.63) is 30.6 Å². The van der Waals surface area contributed by atoms with Crippen molar-refractivity contribution in [3.63, 3.8) is 0 Å². The summed E-state index contributed by atoms with van der Waals surface area (Å²) in [6.45, 7) is 0. The van der Waals surface area contributed by atoms with Crippen LogP contribution in [0.5, 0.6) is 0 Å². The monoisotopic (exact) mass is 301 g/mol. The summed E-state index contributed by atoms with van der Waals surface area (Å²) >= 11 is 3.06. The maximum absolute atomic E-state index is 5.78. The van der Waals surface area contributed by atoms with E-state index in [0.29, 0.717) is 5.65 Å². The maximum atomic E-state index is 5.78. The molecule has 9 heteroatoms. The molecule has 0 saturated heterocycles. The number of benzene rings is 1. The molecule has 0 spiro atoms. The minimum Gasteiger partial charge on any atom is -0.399 e. The van der Waals surface area contributed by atoms with E-state index in [9.17, 15) is 0 Å². The van der Waals surface area contributed by atoms with Gasteiger partial charge in [0.05, 0.1) is 22.6 Å². The van der Waals surface area contributed by atoms with E-state index in [0.717, 1.165) is 25.3 Å². The topological polar surface area (TPSA) is 94.9 Å². The molecule has 4 aromatic rings. The van der Waals surface area contributed by atoms with Gasteiger partial charge in [-0.15, -0.1) is 16.4 Å². The molecule has 1 aromatic carbocycles. The Morgan fingerprint density at radius 1 is 1.25 bits per heavy atom. The molecule has 2 N–H and O–H groups in total. The minimum atomic E-state index is 0.611. The van der Waals surface area contributed by atoms with Crippen molar-refractivity contribution in [2.75, 3.05) is 5.73 Å². The molecule has 98 valence electrons. The fourth-order valence-electron chi connectivity index (χ4n) is 1.78. The molecule has 0 atom stereocenters. The second-order valence-corrected chi connectivity index (χ2v) is 6.30. The number of tetrazole rings is 1. The van der Waals surface area contributed by atoms with Gasteiger partial charge in [0, 0.05) is 5.69 Å². The summed E-state index contributed by atoms with van der Waals surface area (Å²) in [7, 11) is 0. The van der Waals surface area contributed by atoms with Crippen LogP contribution in [0, 0.1) is 0 Å². The Morgan fingerprint density at radius 3 is 3.15 bits per heavy atom. The molecular formula is C11H7N7S2. The molecule has 3 heterocycles. The van der Waals surface area contributed by atoms with Gasteiger partial charge in [-0.25, -0.2) is 4.98 Å². The number of anilines is 1. The van der Waals surface area contributed by atoms with Crippen molar-refractivity contribution in [2.24, 2.45) is 0 Å². The standard InChI is InChI=1S/C11H7N7S2/c12-6-1-2-7-8(3-6)19-11(14-7)20-10-5-13-4-9-15-16-17-18(9)10/h1-5H,12H2. The zero-order valence-electron chi connectivity index (χ0n) is 9.96. The molecule has 0 fully saturated rings. The van der Waals surface area contributed by atoms with E-state index in [2.05, 4.69) is 25.5 Å². The zero-order valence-corrected chi connectivity index (χ0v) is 11.6. The first kappa shape index (κ1) is 11.6. The molecule has 0 aliphatic carbocycles. The van der Waals surface area contributed by atoms with E-state index in [-0.39, 0.29) is 0 Å². The highest BCUT2D eigenvalue weighted by atomic mass is 32.2. The molecule has 0 unspecified atom stereocenters. The van der Waals surface area contributed by atoms with Crippen LogP contribution < -0.4 is 5.73 Å². The highest BCUT2D eigenvalue weighted by Gasteiger charge is 2.10. The van der Waals surface area contributed by atoms with Gasteiger partial charge >= 0.3 is 0 Å². The second-order valence-electron chi connectivity index (χ2n) is 4.00. The van der Waals surface area contributed by atoms with E-state index < -0.39 is 0 Å². The average Bonchev–Trinajstić information content (AvgIpc) is 3.04. The molecule has 0 aliphatic rings. The van der Waals surface area contributed by atoms with Crippen LogP contribution >= 0.6 is 23.1 Å². The number of aromatic nitrogens is 6. The molecule has 0 saturated carbocycles. The normalized spacial score (nSPS) is 11.4. The lowest BCUT2D eigenvalue weighted by Crippen LogP contribution is -1.93. The van der Waals surface area contributed by atoms with Crippen LogP contribution in [-0.4, -0.2) is 30.0 Å². The Balaban J connectivity index is 1.78. The Kier molecular flexibility index (Phi) is 2.54. The number of nitrogens with zero attached hydrogens (tertiary/aromatic N) is 6. The number of hydrogen-bond donors (Lipinski definition) is 1. The summed E-state index contributed by atoms with van der Waals surface area (Å²) in [5.74, 6) is 0. The van der Waals surface area contributed by atoms with Gasteiger partial charge in [0.15, 0.2) is 9.99 Å². The Hall–Kier alpha value is -2.26. The highest BCUT2D eigenvalue weighted by Crippen LogP contribution is 2.34. The van der Waals surface area contributed by atoms with Crippen molar-refractivity contribution in [3.8, 4) is 0 Å². The van der Waals surface area contributed by atoms with Gasteiger partial charge < -0.3 is 5.73 Å². The Labute approximate surface area is 120 Å². The number of fused-ring (bicyclic) bond motifs is 2. The molecule has 0 bridgehead atoms. The summed E-state index contributed by atoms with van der Waals surface area (Å²) in [5, 5.41) is 12.3. The molecule has 7 nitrogen and oxygen atoms in total. The van der Waals surface area contributed by atoms with Gasteiger partial charge in [-0.2, -0.15) is 4.52 Å². The van der Waals surface area contributed by atoms with Crippen LogP contribution in [-0.2, 0) is 0 Å². The third-order valence-corrected chi connectivity index (χ3v) is 4.73. The summed E-state index contributed by atoms with van der Waals surface area (Å²) in [6.07, 6.45) is 3.33. The summed E-state index contributed by atoms with van der Waals surface area (Å²) in [5.41, 5.74) is 8.06. The number of rotatable bonds is 2. The van der Waals surface area contributed by atoms with Gasteiger partial charge in [0.2, 0.25) is 0 Å². The van der Waals surface area contributed by atoms with Crippen LogP contribution in [0.25, 0.3) is 15.9 Å². The summed E-state index contributed by atoms with van der Waals surface area (Å²) < 4.78 is 3.60. The third-order valence-electron chi connectivity index (χ3n) is 2.66. The van der Waals surface area contributed by atoms with E-state index in [1.165, 1.54) is 11.8 Å². The third kappa shape index (κ3) is 1.87. The predicted octanol–water partition coefficient (Wildman–Crippen LogP) is 1.86. The van der Waals surface area contributed by atoms with Crippen LogP contribution in [0.1, 0.15) is 0 Å². The number of thiazole rings is 1. The molecule has 3 aromatic heterocycles. The van der Waals surface area contributed by atoms with Crippen LogP contribution in [0.3, 0.4) is 0 Å². The van der Waals surface area contributed by atoms with Crippen molar-refractivity contribution in [1.82, 2.24) is 30.0 Å². The lowest BCUT2D eigenvalue weighted by atomic mass is 10.3. The Bertz CT molecular complexity index is 913. The lowest BCUT2D eigenvalue weighted by molar-refractivity contribution is 0.765. The van der Waals surface area contributed by atoms with Crippen LogP contribution in [0.2, 0.25) is 0 Å². The smallest absolute Gasteiger partial charge is 0.198 e. The molecule has 0 radical (unpaired) electrons. The molecule has 0 amide bonds. The van der Waals surface area contributed by atoms with Gasteiger partial charge in [-0.05, 0) is 40.4 Å². The van der Waals surface area contributed by atoms with Crippen molar-refractivity contribution >= 4 is 44.6 Å². The first-order chi connectivity index (χ1) is 9.79. The van der Waals surface area contributed by atoms with Gasteiger partial charge in [0.25, 0.3) is 0 Å². The second kappa shape index (κ2) is 4.39. The fourth-order valence-corrected chi connectivity index (χ4v) is 3.87. The van der Waals surface area contributed by atoms with Gasteiger partial charge in [-0.3, -0.25) is 4.98 Å².